The molecule has 0 atom stereocenters. The Morgan fingerprint density at radius 3 is 2.69 bits per heavy atom. The van der Waals surface area contributed by atoms with Gasteiger partial charge in [0.05, 0.1) is 23.5 Å². The van der Waals surface area contributed by atoms with Crippen molar-refractivity contribution in [2.75, 3.05) is 13.1 Å². The molecule has 0 amide bonds. The molecular weight excluding hydrogens is 198 g/mol. The van der Waals surface area contributed by atoms with E-state index < -0.39 is 0 Å². The predicted octanol–water partition coefficient (Wildman–Crippen LogP) is 1.87. The summed E-state index contributed by atoms with van der Waals surface area (Å²) in [5, 5.41) is 7.68. The maximum atomic E-state index is 4.49. The maximum absolute atomic E-state index is 4.49. The molecule has 1 aromatic rings. The van der Waals surface area contributed by atoms with Crippen LogP contribution >= 0.6 is 0 Å². The normalized spacial score (nSPS) is 10.0. The number of aryl methyl sites for hydroxylation is 2. The highest BCUT2D eigenvalue weighted by Gasteiger charge is 2.07. The summed E-state index contributed by atoms with van der Waals surface area (Å²) in [7, 11) is 0. The number of aromatic nitrogens is 2. The molecule has 0 aromatic carbocycles. The molecule has 1 rings (SSSR count). The minimum absolute atomic E-state index is 0.744. The van der Waals surface area contributed by atoms with Gasteiger partial charge in [-0.15, -0.1) is 0 Å². The topological polar surface area (TPSA) is 29.9 Å². The molecule has 3 heteroatoms. The highest BCUT2D eigenvalue weighted by molar-refractivity contribution is 5.41. The molecule has 88 valence electrons. The Kier molecular flexibility index (Phi) is 5.07. The van der Waals surface area contributed by atoms with Gasteiger partial charge in [0.25, 0.3) is 0 Å². The molecule has 3 nitrogen and oxygen atoms in total. The van der Waals surface area contributed by atoms with Gasteiger partial charge in [-0.2, -0.15) is 5.10 Å². The van der Waals surface area contributed by atoms with Crippen molar-refractivity contribution >= 4 is 0 Å². The SMILES string of the molecule is CCCn1nc(C)c(C#CCNCC)c1C. The van der Waals surface area contributed by atoms with Gasteiger partial charge in [0.1, 0.15) is 0 Å². The summed E-state index contributed by atoms with van der Waals surface area (Å²) in [6.07, 6.45) is 1.10. The Bertz CT molecular complexity index is 393. The maximum Gasteiger partial charge on any atom is 0.0753 e. The van der Waals surface area contributed by atoms with E-state index in [0.29, 0.717) is 0 Å². The standard InChI is InChI=1S/C13H21N3/c1-5-10-16-12(4)13(11(3)15-16)8-7-9-14-6-2/h14H,5-6,9-10H2,1-4H3. The molecule has 0 radical (unpaired) electrons. The van der Waals surface area contributed by atoms with E-state index in [2.05, 4.69) is 43.0 Å². The summed E-state index contributed by atoms with van der Waals surface area (Å²) < 4.78 is 2.05. The van der Waals surface area contributed by atoms with Crippen molar-refractivity contribution in [3.8, 4) is 11.8 Å². The van der Waals surface area contributed by atoms with Crippen molar-refractivity contribution in [3.05, 3.63) is 17.0 Å². The van der Waals surface area contributed by atoms with Crippen molar-refractivity contribution in [3.63, 3.8) is 0 Å². The molecule has 0 aliphatic carbocycles. The van der Waals surface area contributed by atoms with Gasteiger partial charge >= 0.3 is 0 Å². The minimum Gasteiger partial charge on any atom is -0.306 e. The van der Waals surface area contributed by atoms with Gasteiger partial charge in [0, 0.05) is 6.54 Å². The molecule has 0 fully saturated rings. The number of rotatable bonds is 4. The Balaban J connectivity index is 2.82. The van der Waals surface area contributed by atoms with E-state index in [9.17, 15) is 0 Å². The number of nitrogens with zero attached hydrogens (tertiary/aromatic N) is 2. The first-order chi connectivity index (χ1) is 7.70. The van der Waals surface area contributed by atoms with Gasteiger partial charge in [-0.3, -0.25) is 4.68 Å². The molecule has 1 aromatic heterocycles. The Hall–Kier alpha value is -1.27. The number of hydrogen-bond acceptors (Lipinski definition) is 2. The molecule has 1 N–H and O–H groups in total. The van der Waals surface area contributed by atoms with E-state index in [-0.39, 0.29) is 0 Å². The fourth-order valence-electron chi connectivity index (χ4n) is 1.63. The average molecular weight is 219 g/mol. The molecule has 16 heavy (non-hydrogen) atoms. The highest BCUT2D eigenvalue weighted by Crippen LogP contribution is 2.11. The second kappa shape index (κ2) is 6.34. The molecule has 0 bridgehead atoms. The smallest absolute Gasteiger partial charge is 0.0753 e. The number of hydrogen-bond donors (Lipinski definition) is 1. The zero-order valence-corrected chi connectivity index (χ0v) is 10.7. The lowest BCUT2D eigenvalue weighted by Gasteiger charge is -2.00. The predicted molar refractivity (Wildman–Crippen MR) is 67.4 cm³/mol. The minimum atomic E-state index is 0.744. The van der Waals surface area contributed by atoms with Crippen LogP contribution in [-0.4, -0.2) is 22.9 Å². The summed E-state index contributed by atoms with van der Waals surface area (Å²) in [5.41, 5.74) is 3.31. The van der Waals surface area contributed by atoms with Crippen LogP contribution < -0.4 is 5.32 Å². The molecule has 0 spiro atoms. The molecule has 0 saturated carbocycles. The third-order valence-corrected chi connectivity index (χ3v) is 2.49. The van der Waals surface area contributed by atoms with Crippen LogP contribution in [0.5, 0.6) is 0 Å². The molecule has 1 heterocycles. The average Bonchev–Trinajstić information content (AvgIpc) is 2.52. The first kappa shape index (κ1) is 12.8. The van der Waals surface area contributed by atoms with Gasteiger partial charge in [0.15, 0.2) is 0 Å². The van der Waals surface area contributed by atoms with Crippen LogP contribution in [0.2, 0.25) is 0 Å². The van der Waals surface area contributed by atoms with Crippen molar-refractivity contribution < 1.29 is 0 Å². The van der Waals surface area contributed by atoms with Crippen LogP contribution in [-0.2, 0) is 6.54 Å². The second-order valence-corrected chi connectivity index (χ2v) is 3.85. The summed E-state index contributed by atoms with van der Waals surface area (Å²) in [6, 6.07) is 0. The first-order valence-corrected chi connectivity index (χ1v) is 5.94. The fourth-order valence-corrected chi connectivity index (χ4v) is 1.63. The van der Waals surface area contributed by atoms with Crippen molar-refractivity contribution in [2.45, 2.75) is 40.7 Å². The monoisotopic (exact) mass is 219 g/mol. The van der Waals surface area contributed by atoms with Crippen molar-refractivity contribution in [2.24, 2.45) is 0 Å². The van der Waals surface area contributed by atoms with E-state index in [0.717, 1.165) is 37.3 Å². The van der Waals surface area contributed by atoms with Gasteiger partial charge in [-0.1, -0.05) is 25.7 Å². The quantitative estimate of drug-likeness (QED) is 0.619. The number of nitrogens with one attached hydrogen (secondary N) is 1. The van der Waals surface area contributed by atoms with Crippen LogP contribution in [0.25, 0.3) is 0 Å². The van der Waals surface area contributed by atoms with Crippen LogP contribution in [0.15, 0.2) is 0 Å². The van der Waals surface area contributed by atoms with E-state index in [1.807, 2.05) is 11.6 Å². The second-order valence-electron chi connectivity index (χ2n) is 3.85. The summed E-state index contributed by atoms with van der Waals surface area (Å²) in [5.74, 6) is 6.32. The van der Waals surface area contributed by atoms with Gasteiger partial charge in [-0.05, 0) is 26.8 Å². The van der Waals surface area contributed by atoms with Crippen molar-refractivity contribution in [1.29, 1.82) is 0 Å². The third-order valence-electron chi connectivity index (χ3n) is 2.49. The molecule has 0 saturated heterocycles. The Labute approximate surface area is 98.2 Å². The highest BCUT2D eigenvalue weighted by atomic mass is 15.3. The zero-order chi connectivity index (χ0) is 12.0. The van der Waals surface area contributed by atoms with Crippen LogP contribution in [0, 0.1) is 25.7 Å². The first-order valence-electron chi connectivity index (χ1n) is 5.94. The Morgan fingerprint density at radius 1 is 1.31 bits per heavy atom. The van der Waals surface area contributed by atoms with E-state index in [1.54, 1.807) is 0 Å². The van der Waals surface area contributed by atoms with Gasteiger partial charge in [0.2, 0.25) is 0 Å². The van der Waals surface area contributed by atoms with Gasteiger partial charge in [-0.25, -0.2) is 0 Å². The van der Waals surface area contributed by atoms with Crippen LogP contribution in [0.3, 0.4) is 0 Å². The third kappa shape index (κ3) is 3.11. The summed E-state index contributed by atoms with van der Waals surface area (Å²) in [4.78, 5) is 0. The Morgan fingerprint density at radius 2 is 2.06 bits per heavy atom. The lowest BCUT2D eigenvalue weighted by molar-refractivity contribution is 0.583. The molecular formula is C13H21N3. The lowest BCUT2D eigenvalue weighted by atomic mass is 10.2. The summed E-state index contributed by atoms with van der Waals surface area (Å²) >= 11 is 0. The largest absolute Gasteiger partial charge is 0.306 e. The van der Waals surface area contributed by atoms with Crippen LogP contribution in [0.4, 0.5) is 0 Å². The van der Waals surface area contributed by atoms with E-state index in [4.69, 9.17) is 0 Å². The van der Waals surface area contributed by atoms with E-state index >= 15 is 0 Å². The molecule has 0 aliphatic heterocycles. The van der Waals surface area contributed by atoms with Crippen molar-refractivity contribution in [1.82, 2.24) is 15.1 Å². The fraction of sp³-hybridized carbons (Fsp3) is 0.615. The van der Waals surface area contributed by atoms with Gasteiger partial charge < -0.3 is 5.32 Å². The summed E-state index contributed by atoms with van der Waals surface area (Å²) in [6.45, 7) is 11.0. The zero-order valence-electron chi connectivity index (χ0n) is 10.7. The lowest BCUT2D eigenvalue weighted by Crippen LogP contribution is -2.11. The van der Waals surface area contributed by atoms with Crippen LogP contribution in [0.1, 0.15) is 37.2 Å². The molecule has 0 unspecified atom stereocenters. The van der Waals surface area contributed by atoms with E-state index in [1.165, 1.54) is 5.69 Å². The molecule has 0 aliphatic rings.